The molecule has 30 heavy (non-hydrogen) atoms. The molecule has 0 aliphatic carbocycles. The molecule has 3 aromatic rings. The van der Waals surface area contributed by atoms with Crippen molar-refractivity contribution in [3.63, 3.8) is 0 Å². The minimum atomic E-state index is -0.0585. The van der Waals surface area contributed by atoms with Crippen LogP contribution in [0, 0.1) is 6.92 Å². The number of methoxy groups -OCH3 is 1. The Balaban J connectivity index is 1.82. The van der Waals surface area contributed by atoms with Gasteiger partial charge in [-0.3, -0.25) is 9.78 Å². The molecular formula is C19H20ClN7O2S. The highest BCUT2D eigenvalue weighted by molar-refractivity contribution is 7.99. The average Bonchev–Trinajstić information content (AvgIpc) is 2.95. The standard InChI is InChI=1S/C19H20ClN7O2S/c1-9-6-23-12(15(20)16(9)29-3)7-27-17-14-11(26-27)4-10(5-13(28)22-2)8-30-18(14)25-19(21)24-17/h4,6H,5,7-8H2,1-3H3,(H,22,28)(H2,21,24,25). The molecule has 0 atom stereocenters. The van der Waals surface area contributed by atoms with Crippen LogP contribution in [0.5, 0.6) is 5.75 Å². The Morgan fingerprint density at radius 3 is 2.97 bits per heavy atom. The molecule has 3 aromatic heterocycles. The van der Waals surface area contributed by atoms with Crippen molar-refractivity contribution in [2.24, 2.45) is 0 Å². The van der Waals surface area contributed by atoms with Gasteiger partial charge in [-0.2, -0.15) is 10.1 Å². The summed E-state index contributed by atoms with van der Waals surface area (Å²) < 4.78 is 7.10. The van der Waals surface area contributed by atoms with Crippen LogP contribution in [-0.4, -0.2) is 50.5 Å². The fraction of sp³-hybridized carbons (Fsp3) is 0.316. The third-order valence-electron chi connectivity index (χ3n) is 4.73. The Hall–Kier alpha value is -2.85. The summed E-state index contributed by atoms with van der Waals surface area (Å²) in [4.78, 5) is 25.1. The number of thioether (sulfide) groups is 1. The summed E-state index contributed by atoms with van der Waals surface area (Å²) in [7, 11) is 3.19. The van der Waals surface area contributed by atoms with Crippen molar-refractivity contribution in [3.8, 4) is 5.75 Å². The summed E-state index contributed by atoms with van der Waals surface area (Å²) in [6.45, 7) is 2.16. The molecule has 3 N–H and O–H groups in total. The van der Waals surface area contributed by atoms with E-state index in [1.165, 1.54) is 11.8 Å². The largest absolute Gasteiger partial charge is 0.495 e. The first-order valence-electron chi connectivity index (χ1n) is 9.16. The monoisotopic (exact) mass is 445 g/mol. The molecule has 0 saturated heterocycles. The maximum absolute atomic E-state index is 11.9. The van der Waals surface area contributed by atoms with Crippen LogP contribution in [0.25, 0.3) is 17.1 Å². The van der Waals surface area contributed by atoms with Crippen molar-refractivity contribution >= 4 is 52.3 Å². The van der Waals surface area contributed by atoms with Gasteiger partial charge in [-0.1, -0.05) is 11.6 Å². The maximum atomic E-state index is 11.9. The Morgan fingerprint density at radius 2 is 2.23 bits per heavy atom. The Kier molecular flexibility index (Phi) is 5.52. The van der Waals surface area contributed by atoms with Crippen LogP contribution in [0.3, 0.4) is 0 Å². The van der Waals surface area contributed by atoms with Gasteiger partial charge in [0.2, 0.25) is 11.9 Å². The number of aryl methyl sites for hydroxylation is 1. The van der Waals surface area contributed by atoms with E-state index in [0.717, 1.165) is 21.5 Å². The van der Waals surface area contributed by atoms with E-state index in [1.54, 1.807) is 25.0 Å². The molecule has 4 heterocycles. The lowest BCUT2D eigenvalue weighted by atomic mass is 10.1. The zero-order valence-electron chi connectivity index (χ0n) is 16.7. The van der Waals surface area contributed by atoms with Crippen molar-refractivity contribution in [3.05, 3.63) is 33.7 Å². The first-order valence-corrected chi connectivity index (χ1v) is 10.5. The molecule has 0 bridgehead atoms. The number of halogens is 1. The molecule has 0 unspecified atom stereocenters. The summed E-state index contributed by atoms with van der Waals surface area (Å²) >= 11 is 8.02. The highest BCUT2D eigenvalue weighted by Crippen LogP contribution is 2.36. The van der Waals surface area contributed by atoms with Gasteiger partial charge in [0, 0.05) is 31.0 Å². The molecule has 0 aromatic carbocycles. The van der Waals surface area contributed by atoms with Gasteiger partial charge in [0.15, 0.2) is 5.65 Å². The second-order valence-corrected chi connectivity index (χ2v) is 8.15. The lowest BCUT2D eigenvalue weighted by molar-refractivity contribution is -0.119. The number of carbonyl (C=O) groups excluding carboxylic acids is 1. The van der Waals surface area contributed by atoms with Crippen molar-refractivity contribution in [1.82, 2.24) is 30.0 Å². The first kappa shape index (κ1) is 20.4. The molecule has 1 aliphatic rings. The van der Waals surface area contributed by atoms with Crippen LogP contribution in [0.2, 0.25) is 5.02 Å². The van der Waals surface area contributed by atoms with Gasteiger partial charge in [0.1, 0.15) is 15.8 Å². The molecule has 9 nitrogen and oxygen atoms in total. The quantitative estimate of drug-likeness (QED) is 0.574. The van der Waals surface area contributed by atoms with Gasteiger partial charge in [-0.05, 0) is 18.6 Å². The molecule has 0 spiro atoms. The number of anilines is 1. The number of rotatable bonds is 5. The van der Waals surface area contributed by atoms with E-state index in [0.29, 0.717) is 33.6 Å². The van der Waals surface area contributed by atoms with Crippen LogP contribution in [0.4, 0.5) is 5.95 Å². The zero-order chi connectivity index (χ0) is 21.4. The Labute approximate surface area is 182 Å². The third kappa shape index (κ3) is 3.68. The van der Waals surface area contributed by atoms with Gasteiger partial charge in [0.05, 0.1) is 30.4 Å². The van der Waals surface area contributed by atoms with Crippen LogP contribution < -0.4 is 15.8 Å². The number of amides is 1. The Morgan fingerprint density at radius 1 is 1.43 bits per heavy atom. The van der Waals surface area contributed by atoms with Crippen LogP contribution >= 0.6 is 23.4 Å². The molecule has 0 radical (unpaired) electrons. The minimum Gasteiger partial charge on any atom is -0.495 e. The van der Waals surface area contributed by atoms with E-state index in [-0.39, 0.29) is 24.8 Å². The molecule has 1 amide bonds. The second kappa shape index (κ2) is 8.11. The van der Waals surface area contributed by atoms with E-state index in [9.17, 15) is 4.79 Å². The fourth-order valence-corrected chi connectivity index (χ4v) is 4.63. The highest BCUT2D eigenvalue weighted by Gasteiger charge is 2.23. The second-order valence-electron chi connectivity index (χ2n) is 6.80. The number of ether oxygens (including phenoxy) is 1. The number of aromatic nitrogens is 5. The molecule has 11 heteroatoms. The number of nitrogens with zero attached hydrogens (tertiary/aromatic N) is 5. The normalized spacial score (nSPS) is 13.1. The SMILES string of the molecule is CNC(=O)CC1=Cc2nn(Cc3ncc(C)c(OC)c3Cl)c3nc(N)nc(c23)SC1. The van der Waals surface area contributed by atoms with Gasteiger partial charge in [-0.15, -0.1) is 11.8 Å². The predicted octanol–water partition coefficient (Wildman–Crippen LogP) is 2.45. The maximum Gasteiger partial charge on any atom is 0.223 e. The molecule has 0 saturated carbocycles. The molecular weight excluding hydrogens is 426 g/mol. The van der Waals surface area contributed by atoms with Crippen molar-refractivity contribution in [2.45, 2.75) is 24.9 Å². The van der Waals surface area contributed by atoms with Crippen LogP contribution in [0.1, 0.15) is 23.4 Å². The lowest BCUT2D eigenvalue weighted by Crippen LogP contribution is -2.18. The lowest BCUT2D eigenvalue weighted by Gasteiger charge is -2.11. The minimum absolute atomic E-state index is 0.0585. The van der Waals surface area contributed by atoms with E-state index >= 15 is 0 Å². The number of hydrogen-bond donors (Lipinski definition) is 2. The molecule has 1 aliphatic heterocycles. The summed E-state index contributed by atoms with van der Waals surface area (Å²) in [5, 5.41) is 9.34. The summed E-state index contributed by atoms with van der Waals surface area (Å²) in [6.07, 6.45) is 3.92. The van der Waals surface area contributed by atoms with Gasteiger partial charge in [0.25, 0.3) is 0 Å². The third-order valence-corrected chi connectivity index (χ3v) is 6.21. The number of nitrogens with two attached hydrogens (primary N) is 1. The number of nitrogens with one attached hydrogen (secondary N) is 1. The number of carbonyl (C=O) groups is 1. The van der Waals surface area contributed by atoms with Gasteiger partial charge >= 0.3 is 0 Å². The van der Waals surface area contributed by atoms with Crippen molar-refractivity contribution in [2.75, 3.05) is 25.6 Å². The smallest absolute Gasteiger partial charge is 0.223 e. The van der Waals surface area contributed by atoms with E-state index in [4.69, 9.17) is 27.2 Å². The summed E-state index contributed by atoms with van der Waals surface area (Å²) in [6, 6.07) is 0. The van der Waals surface area contributed by atoms with Crippen LogP contribution in [-0.2, 0) is 11.3 Å². The van der Waals surface area contributed by atoms with Gasteiger partial charge < -0.3 is 15.8 Å². The number of pyridine rings is 1. The van der Waals surface area contributed by atoms with E-state index in [2.05, 4.69) is 20.3 Å². The first-order chi connectivity index (χ1) is 14.4. The highest BCUT2D eigenvalue weighted by atomic mass is 35.5. The number of hydrogen-bond acceptors (Lipinski definition) is 8. The fourth-order valence-electron chi connectivity index (χ4n) is 3.29. The molecule has 4 rings (SSSR count). The number of nitrogen functional groups attached to an aromatic ring is 1. The van der Waals surface area contributed by atoms with Crippen LogP contribution in [0.15, 0.2) is 16.8 Å². The van der Waals surface area contributed by atoms with Crippen molar-refractivity contribution < 1.29 is 9.53 Å². The molecule has 156 valence electrons. The summed E-state index contributed by atoms with van der Waals surface area (Å²) in [5.74, 6) is 1.31. The topological polar surface area (TPSA) is 121 Å². The van der Waals surface area contributed by atoms with Crippen molar-refractivity contribution in [1.29, 1.82) is 0 Å². The zero-order valence-corrected chi connectivity index (χ0v) is 18.3. The summed E-state index contributed by atoms with van der Waals surface area (Å²) in [5.41, 5.74) is 9.64. The molecule has 0 fully saturated rings. The predicted molar refractivity (Wildman–Crippen MR) is 117 cm³/mol. The van der Waals surface area contributed by atoms with E-state index < -0.39 is 0 Å². The Bertz CT molecular complexity index is 1190. The van der Waals surface area contributed by atoms with E-state index in [1.807, 2.05) is 13.0 Å². The van der Waals surface area contributed by atoms with Gasteiger partial charge in [-0.25, -0.2) is 9.67 Å². The average molecular weight is 446 g/mol.